The van der Waals surface area contributed by atoms with Crippen LogP contribution in [0.1, 0.15) is 27.2 Å². The second-order valence-corrected chi connectivity index (χ2v) is 8.99. The van der Waals surface area contributed by atoms with Crippen molar-refractivity contribution < 1.29 is 23.4 Å². The van der Waals surface area contributed by atoms with E-state index in [1.54, 1.807) is 11.8 Å². The molecule has 2 rings (SSSR count). The second-order valence-electron chi connectivity index (χ2n) is 8.11. The van der Waals surface area contributed by atoms with Crippen LogP contribution in [0.3, 0.4) is 0 Å². The maximum atomic E-state index is 11.8. The molecule has 0 spiro atoms. The van der Waals surface area contributed by atoms with Gasteiger partial charge in [-0.05, 0) is 49.3 Å². The fourth-order valence-corrected chi connectivity index (χ4v) is 3.78. The van der Waals surface area contributed by atoms with Gasteiger partial charge in [-0.25, -0.2) is 4.79 Å². The van der Waals surface area contributed by atoms with Gasteiger partial charge in [-0.2, -0.15) is 0 Å². The summed E-state index contributed by atoms with van der Waals surface area (Å²) in [5, 5.41) is 4.08. The van der Waals surface area contributed by atoms with Crippen molar-refractivity contribution in [3.05, 3.63) is 34.7 Å². The normalized spacial score (nSPS) is 12.5. The Morgan fingerprint density at radius 1 is 0.969 bits per heavy atom. The molecule has 0 bridgehead atoms. The molecule has 8 heteroatoms. The minimum atomic E-state index is -0.428. The maximum Gasteiger partial charge on any atom is 0.339 e. The summed E-state index contributed by atoms with van der Waals surface area (Å²) in [4.78, 5) is 12.8. The van der Waals surface area contributed by atoms with Crippen LogP contribution in [0, 0.1) is 11.8 Å². The Morgan fingerprint density at radius 3 is 2.34 bits per heavy atom. The van der Waals surface area contributed by atoms with Crippen LogP contribution in [-0.4, -0.2) is 59.2 Å². The largest absolute Gasteiger partial charge is 0.490 e. The lowest BCUT2D eigenvalue weighted by Gasteiger charge is -2.14. The van der Waals surface area contributed by atoms with Gasteiger partial charge in [-0.1, -0.05) is 20.8 Å². The molecule has 1 atom stereocenters. The van der Waals surface area contributed by atoms with Gasteiger partial charge in [0.2, 0.25) is 0 Å². The van der Waals surface area contributed by atoms with Gasteiger partial charge < -0.3 is 23.4 Å². The Bertz CT molecular complexity index is 841. The van der Waals surface area contributed by atoms with Gasteiger partial charge >= 0.3 is 5.63 Å². The number of fused-ring (bicyclic) bond motifs is 1. The molecule has 0 saturated heterocycles. The van der Waals surface area contributed by atoms with Gasteiger partial charge in [-0.15, -0.1) is 11.8 Å². The summed E-state index contributed by atoms with van der Waals surface area (Å²) in [6.07, 6.45) is 3.19. The molecule has 0 aliphatic rings. The third kappa shape index (κ3) is 10.4. The molecule has 7 nitrogen and oxygen atoms in total. The highest BCUT2D eigenvalue weighted by molar-refractivity contribution is 7.98. The van der Waals surface area contributed by atoms with Crippen molar-refractivity contribution in [1.29, 1.82) is 0 Å². The fourth-order valence-electron chi connectivity index (χ4n) is 3.35. The van der Waals surface area contributed by atoms with E-state index in [1.165, 1.54) is 12.5 Å². The molecule has 1 aromatic carbocycles. The zero-order valence-corrected chi connectivity index (χ0v) is 20.5. The molecule has 0 saturated carbocycles. The van der Waals surface area contributed by atoms with Crippen LogP contribution in [0.2, 0.25) is 0 Å². The molecule has 1 unspecified atom stereocenters. The first-order valence-electron chi connectivity index (χ1n) is 11.2. The number of thioether (sulfide) groups is 1. The van der Waals surface area contributed by atoms with Crippen molar-refractivity contribution >= 4 is 22.7 Å². The van der Waals surface area contributed by atoms with Gasteiger partial charge in [0.25, 0.3) is 0 Å². The molecule has 0 radical (unpaired) electrons. The van der Waals surface area contributed by atoms with E-state index in [0.29, 0.717) is 63.6 Å². The molecule has 2 aromatic rings. The molecule has 1 heterocycles. The fraction of sp³-hybridized carbons (Fsp3) is 0.625. The van der Waals surface area contributed by atoms with E-state index >= 15 is 0 Å². The summed E-state index contributed by atoms with van der Waals surface area (Å²) in [6, 6.07) is 7.08. The third-order valence-corrected chi connectivity index (χ3v) is 5.44. The van der Waals surface area contributed by atoms with Gasteiger partial charge in [0.1, 0.15) is 17.9 Å². The minimum absolute atomic E-state index is 0.340. The first kappa shape index (κ1) is 26.7. The first-order chi connectivity index (χ1) is 15.5. The zero-order chi connectivity index (χ0) is 23.2. The Labute approximate surface area is 195 Å². The van der Waals surface area contributed by atoms with E-state index in [4.69, 9.17) is 23.4 Å². The minimum Gasteiger partial charge on any atom is -0.490 e. The van der Waals surface area contributed by atoms with E-state index in [0.717, 1.165) is 22.7 Å². The van der Waals surface area contributed by atoms with Crippen LogP contribution in [0.25, 0.3) is 11.0 Å². The summed E-state index contributed by atoms with van der Waals surface area (Å²) < 4.78 is 27.5. The van der Waals surface area contributed by atoms with E-state index in [9.17, 15) is 4.79 Å². The Kier molecular flexibility index (Phi) is 12.7. The van der Waals surface area contributed by atoms with E-state index in [-0.39, 0.29) is 0 Å². The Balaban J connectivity index is 1.50. The number of hydrogen-bond donors (Lipinski definition) is 1. The molecular formula is C24H37NO6S. The number of nitrogens with one attached hydrogen (secondary N) is 1. The summed E-state index contributed by atoms with van der Waals surface area (Å²) in [5.74, 6) is 1.89. The molecule has 1 aromatic heterocycles. The summed E-state index contributed by atoms with van der Waals surface area (Å²) in [7, 11) is 0. The van der Waals surface area contributed by atoms with Crippen LogP contribution < -0.4 is 15.7 Å². The van der Waals surface area contributed by atoms with Crippen molar-refractivity contribution in [2.45, 2.75) is 32.1 Å². The molecule has 180 valence electrons. The predicted molar refractivity (Wildman–Crippen MR) is 129 cm³/mol. The second kappa shape index (κ2) is 15.3. The average molecular weight is 468 g/mol. The molecule has 0 amide bonds. The lowest BCUT2D eigenvalue weighted by molar-refractivity contribution is 0.00594. The first-order valence-corrected chi connectivity index (χ1v) is 12.4. The van der Waals surface area contributed by atoms with Crippen molar-refractivity contribution in [2.24, 2.45) is 11.8 Å². The number of rotatable bonds is 17. The molecule has 0 aliphatic carbocycles. The van der Waals surface area contributed by atoms with Crippen LogP contribution >= 0.6 is 11.8 Å². The Hall–Kier alpha value is -1.58. The zero-order valence-electron chi connectivity index (χ0n) is 19.7. The highest BCUT2D eigenvalue weighted by Gasteiger charge is 2.08. The highest BCUT2D eigenvalue weighted by atomic mass is 32.2. The lowest BCUT2D eigenvalue weighted by Crippen LogP contribution is -2.25. The topological polar surface area (TPSA) is 79.2 Å². The number of ether oxygens (including phenoxy) is 4. The molecule has 0 fully saturated rings. The standard InChI is InChI=1S/C24H37NO6S/c1-18(2)13-19(3)16-25-17-29-10-9-27-7-8-28-11-12-30-22-15-24(26)31-23-14-20(32-4)5-6-21(22)23/h5-6,14-15,18-19,25H,7-13,16-17H2,1-4H3. The van der Waals surface area contributed by atoms with Gasteiger partial charge in [0.05, 0.1) is 51.2 Å². The third-order valence-electron chi connectivity index (χ3n) is 4.71. The predicted octanol–water partition coefficient (Wildman–Crippen LogP) is 4.17. The van der Waals surface area contributed by atoms with Gasteiger partial charge in [0, 0.05) is 4.90 Å². The summed E-state index contributed by atoms with van der Waals surface area (Å²) in [5.41, 5.74) is 0.0960. The smallest absolute Gasteiger partial charge is 0.339 e. The summed E-state index contributed by atoms with van der Waals surface area (Å²) >= 11 is 1.59. The highest BCUT2D eigenvalue weighted by Crippen LogP contribution is 2.27. The van der Waals surface area contributed by atoms with Crippen molar-refractivity contribution in [1.82, 2.24) is 5.32 Å². The van der Waals surface area contributed by atoms with Crippen LogP contribution in [0.15, 0.2) is 38.4 Å². The van der Waals surface area contributed by atoms with E-state index in [1.807, 2.05) is 24.5 Å². The van der Waals surface area contributed by atoms with E-state index in [2.05, 4.69) is 26.1 Å². The molecule has 1 N–H and O–H groups in total. The van der Waals surface area contributed by atoms with Crippen molar-refractivity contribution in [2.75, 3.05) is 59.2 Å². The van der Waals surface area contributed by atoms with Crippen LogP contribution in [0.4, 0.5) is 0 Å². The maximum absolute atomic E-state index is 11.8. The molecule has 32 heavy (non-hydrogen) atoms. The van der Waals surface area contributed by atoms with Crippen molar-refractivity contribution in [3.8, 4) is 5.75 Å². The number of hydrogen-bond acceptors (Lipinski definition) is 8. The van der Waals surface area contributed by atoms with Gasteiger partial charge in [0.15, 0.2) is 0 Å². The molecule has 0 aliphatic heterocycles. The Morgan fingerprint density at radius 2 is 1.66 bits per heavy atom. The monoisotopic (exact) mass is 467 g/mol. The molecular weight excluding hydrogens is 430 g/mol. The number of benzene rings is 1. The van der Waals surface area contributed by atoms with E-state index < -0.39 is 5.63 Å². The quantitative estimate of drug-likeness (QED) is 0.161. The van der Waals surface area contributed by atoms with Crippen LogP contribution in [0.5, 0.6) is 5.75 Å². The summed E-state index contributed by atoms with van der Waals surface area (Å²) in [6.45, 7) is 11.1. The SMILES string of the molecule is CSc1ccc2c(OCCOCCOCCOCNCC(C)CC(C)C)cc(=O)oc2c1. The van der Waals surface area contributed by atoms with Gasteiger partial charge in [-0.3, -0.25) is 5.32 Å². The lowest BCUT2D eigenvalue weighted by atomic mass is 9.99. The average Bonchev–Trinajstić information content (AvgIpc) is 2.75. The van der Waals surface area contributed by atoms with Crippen LogP contribution in [-0.2, 0) is 14.2 Å². The van der Waals surface area contributed by atoms with Crippen molar-refractivity contribution in [3.63, 3.8) is 0 Å².